The van der Waals surface area contributed by atoms with Crippen molar-refractivity contribution in [2.75, 3.05) is 31.0 Å². The Morgan fingerprint density at radius 2 is 2.11 bits per heavy atom. The number of anilines is 2. The molecule has 1 heterocycles. The molecule has 0 saturated heterocycles. The summed E-state index contributed by atoms with van der Waals surface area (Å²) >= 11 is 0. The summed E-state index contributed by atoms with van der Waals surface area (Å²) < 4.78 is 41.4. The standard InChI is InChI=1S/C10H16F3N5O/c1-18(4-3-10(11,12)13)9-5-7(17-14)15-8(16-9)6-19-2/h5H,3-4,6,14H2,1-2H3,(H,15,16,17). The van der Waals surface area contributed by atoms with Crippen LogP contribution in [0.5, 0.6) is 0 Å². The lowest BCUT2D eigenvalue weighted by Crippen LogP contribution is -2.25. The first-order chi connectivity index (χ1) is 8.85. The molecule has 9 heteroatoms. The molecule has 0 spiro atoms. The van der Waals surface area contributed by atoms with E-state index in [1.165, 1.54) is 25.1 Å². The lowest BCUT2D eigenvalue weighted by molar-refractivity contribution is -0.132. The Morgan fingerprint density at radius 1 is 1.42 bits per heavy atom. The molecule has 19 heavy (non-hydrogen) atoms. The van der Waals surface area contributed by atoms with E-state index in [2.05, 4.69) is 15.4 Å². The van der Waals surface area contributed by atoms with Gasteiger partial charge in [0.1, 0.15) is 18.2 Å². The van der Waals surface area contributed by atoms with Gasteiger partial charge in [-0.25, -0.2) is 15.8 Å². The van der Waals surface area contributed by atoms with Crippen molar-refractivity contribution in [3.8, 4) is 0 Å². The SMILES string of the molecule is COCc1nc(NN)cc(N(C)CCC(F)(F)F)n1. The number of nitrogen functional groups attached to an aromatic ring is 1. The molecule has 0 bridgehead atoms. The van der Waals surface area contributed by atoms with Crippen molar-refractivity contribution in [3.63, 3.8) is 0 Å². The van der Waals surface area contributed by atoms with Crippen LogP contribution in [0.4, 0.5) is 24.8 Å². The minimum Gasteiger partial charge on any atom is -0.377 e. The second-order valence-electron chi connectivity index (χ2n) is 3.89. The molecule has 6 nitrogen and oxygen atoms in total. The van der Waals surface area contributed by atoms with Crippen LogP contribution in [0.3, 0.4) is 0 Å². The minimum absolute atomic E-state index is 0.148. The van der Waals surface area contributed by atoms with Crippen LogP contribution < -0.4 is 16.2 Å². The number of hydrogen-bond acceptors (Lipinski definition) is 6. The third-order valence-corrected chi connectivity index (χ3v) is 2.30. The van der Waals surface area contributed by atoms with E-state index in [-0.39, 0.29) is 13.2 Å². The maximum absolute atomic E-state index is 12.2. The van der Waals surface area contributed by atoms with Gasteiger partial charge in [-0.3, -0.25) is 0 Å². The predicted molar refractivity (Wildman–Crippen MR) is 64.5 cm³/mol. The van der Waals surface area contributed by atoms with Crippen LogP contribution in [0, 0.1) is 0 Å². The molecule has 0 unspecified atom stereocenters. The summed E-state index contributed by atoms with van der Waals surface area (Å²) in [5, 5.41) is 0. The Labute approximate surface area is 108 Å². The zero-order valence-corrected chi connectivity index (χ0v) is 10.7. The molecule has 0 aliphatic carbocycles. The van der Waals surface area contributed by atoms with Crippen LogP contribution >= 0.6 is 0 Å². The molecule has 108 valence electrons. The number of ether oxygens (including phenoxy) is 1. The van der Waals surface area contributed by atoms with E-state index in [1.807, 2.05) is 0 Å². The Hall–Kier alpha value is -1.61. The number of rotatable bonds is 6. The zero-order chi connectivity index (χ0) is 14.5. The third-order valence-electron chi connectivity index (χ3n) is 2.30. The molecule has 3 N–H and O–H groups in total. The summed E-state index contributed by atoms with van der Waals surface area (Å²) in [6.45, 7) is -0.0490. The molecule has 1 aromatic heterocycles. The van der Waals surface area contributed by atoms with Gasteiger partial charge >= 0.3 is 6.18 Å². The van der Waals surface area contributed by atoms with Crippen molar-refractivity contribution >= 4 is 11.6 Å². The van der Waals surface area contributed by atoms with Crippen LogP contribution in [0.25, 0.3) is 0 Å². The van der Waals surface area contributed by atoms with Gasteiger partial charge in [0.2, 0.25) is 0 Å². The number of methoxy groups -OCH3 is 1. The van der Waals surface area contributed by atoms with Crippen LogP contribution in [0.1, 0.15) is 12.2 Å². The van der Waals surface area contributed by atoms with Gasteiger partial charge in [0.15, 0.2) is 5.82 Å². The first kappa shape index (κ1) is 15.4. The maximum atomic E-state index is 12.2. The van der Waals surface area contributed by atoms with Crippen molar-refractivity contribution in [1.82, 2.24) is 9.97 Å². The van der Waals surface area contributed by atoms with Gasteiger partial charge in [0, 0.05) is 26.8 Å². The lowest BCUT2D eigenvalue weighted by atomic mass is 10.3. The van der Waals surface area contributed by atoms with Gasteiger partial charge < -0.3 is 15.1 Å². The Kier molecular flexibility index (Phi) is 5.31. The van der Waals surface area contributed by atoms with Crippen molar-refractivity contribution in [2.24, 2.45) is 5.84 Å². The lowest BCUT2D eigenvalue weighted by Gasteiger charge is -2.20. The highest BCUT2D eigenvalue weighted by Crippen LogP contribution is 2.21. The number of aromatic nitrogens is 2. The van der Waals surface area contributed by atoms with Gasteiger partial charge in [0.25, 0.3) is 0 Å². The fraction of sp³-hybridized carbons (Fsp3) is 0.600. The summed E-state index contributed by atoms with van der Waals surface area (Å²) in [5.74, 6) is 6.25. The fourth-order valence-electron chi connectivity index (χ4n) is 1.36. The maximum Gasteiger partial charge on any atom is 0.390 e. The van der Waals surface area contributed by atoms with E-state index in [4.69, 9.17) is 10.6 Å². The molecule has 0 aromatic carbocycles. The highest BCUT2D eigenvalue weighted by atomic mass is 19.4. The Balaban J connectivity index is 2.82. The van der Waals surface area contributed by atoms with Crippen molar-refractivity contribution < 1.29 is 17.9 Å². The Bertz CT molecular complexity index is 413. The Morgan fingerprint density at radius 3 is 2.63 bits per heavy atom. The molecular weight excluding hydrogens is 263 g/mol. The highest BCUT2D eigenvalue weighted by molar-refractivity contribution is 5.48. The number of nitrogens with one attached hydrogen (secondary N) is 1. The van der Waals surface area contributed by atoms with E-state index in [0.717, 1.165) is 0 Å². The molecular formula is C10H16F3N5O. The quantitative estimate of drug-likeness (QED) is 0.604. The second-order valence-corrected chi connectivity index (χ2v) is 3.89. The molecule has 0 saturated carbocycles. The van der Waals surface area contributed by atoms with Crippen LogP contribution in [0.15, 0.2) is 6.07 Å². The molecule has 1 rings (SSSR count). The fourth-order valence-corrected chi connectivity index (χ4v) is 1.36. The van der Waals surface area contributed by atoms with Crippen molar-refractivity contribution in [3.05, 3.63) is 11.9 Å². The van der Waals surface area contributed by atoms with Crippen LogP contribution in [-0.4, -0.2) is 36.8 Å². The normalized spacial score (nSPS) is 11.5. The number of hydrazine groups is 1. The topological polar surface area (TPSA) is 76.3 Å². The first-order valence-electron chi connectivity index (χ1n) is 5.47. The number of hydrogen-bond donors (Lipinski definition) is 2. The average Bonchev–Trinajstić information content (AvgIpc) is 2.35. The summed E-state index contributed by atoms with van der Waals surface area (Å²) in [4.78, 5) is 9.49. The summed E-state index contributed by atoms with van der Waals surface area (Å²) in [6.07, 6.45) is -5.12. The smallest absolute Gasteiger partial charge is 0.377 e. The molecule has 0 fully saturated rings. The number of halogens is 3. The highest BCUT2D eigenvalue weighted by Gasteiger charge is 2.27. The number of alkyl halides is 3. The second kappa shape index (κ2) is 6.53. The number of nitrogens with zero attached hydrogens (tertiary/aromatic N) is 3. The largest absolute Gasteiger partial charge is 0.390 e. The van der Waals surface area contributed by atoms with Gasteiger partial charge in [-0.05, 0) is 0 Å². The minimum atomic E-state index is -4.20. The van der Waals surface area contributed by atoms with Gasteiger partial charge in [-0.15, -0.1) is 0 Å². The van der Waals surface area contributed by atoms with Crippen molar-refractivity contribution in [2.45, 2.75) is 19.2 Å². The van der Waals surface area contributed by atoms with Crippen LogP contribution in [-0.2, 0) is 11.3 Å². The summed E-state index contributed by atoms with van der Waals surface area (Å²) in [7, 11) is 2.99. The first-order valence-corrected chi connectivity index (χ1v) is 5.47. The van der Waals surface area contributed by atoms with E-state index >= 15 is 0 Å². The van der Waals surface area contributed by atoms with Crippen LogP contribution in [0.2, 0.25) is 0 Å². The molecule has 0 aliphatic heterocycles. The van der Waals surface area contributed by atoms with E-state index in [0.29, 0.717) is 17.5 Å². The van der Waals surface area contributed by atoms with Gasteiger partial charge in [-0.2, -0.15) is 13.2 Å². The number of nitrogens with two attached hydrogens (primary N) is 1. The van der Waals surface area contributed by atoms with Gasteiger partial charge in [-0.1, -0.05) is 0 Å². The molecule has 0 amide bonds. The molecule has 1 aromatic rings. The van der Waals surface area contributed by atoms with Gasteiger partial charge in [0.05, 0.1) is 6.42 Å². The average molecular weight is 279 g/mol. The molecule has 0 radical (unpaired) electrons. The summed E-state index contributed by atoms with van der Waals surface area (Å²) in [6, 6.07) is 1.47. The van der Waals surface area contributed by atoms with E-state index < -0.39 is 12.6 Å². The molecule has 0 aliphatic rings. The molecule has 0 atom stereocenters. The third kappa shape index (κ3) is 5.26. The predicted octanol–water partition coefficient (Wildman–Crippen LogP) is 1.30. The monoisotopic (exact) mass is 279 g/mol. The van der Waals surface area contributed by atoms with E-state index in [1.54, 1.807) is 0 Å². The van der Waals surface area contributed by atoms with E-state index in [9.17, 15) is 13.2 Å². The zero-order valence-electron chi connectivity index (χ0n) is 10.7. The summed E-state index contributed by atoms with van der Waals surface area (Å²) in [5.41, 5.74) is 2.34. The van der Waals surface area contributed by atoms with Crippen molar-refractivity contribution in [1.29, 1.82) is 0 Å².